The second-order valence-electron chi connectivity index (χ2n) is 5.36. The maximum absolute atomic E-state index is 12.2. The molecule has 2 N–H and O–H groups in total. The number of nitrogens with one attached hydrogen (secondary N) is 2. The number of amides is 1. The van der Waals surface area contributed by atoms with E-state index in [0.717, 1.165) is 37.8 Å². The van der Waals surface area contributed by atoms with Crippen LogP contribution in [0.1, 0.15) is 48.0 Å². The molecule has 1 heterocycles. The molecule has 2 aliphatic rings. The number of hydrogen-bond donors (Lipinski definition) is 2. The minimum absolute atomic E-state index is 0.0928. The van der Waals surface area contributed by atoms with Crippen LogP contribution in [0.5, 0.6) is 0 Å². The Bertz CT molecular complexity index is 450. The van der Waals surface area contributed by atoms with Crippen molar-refractivity contribution < 1.29 is 4.79 Å². The quantitative estimate of drug-likeness (QED) is 0.840. The number of benzene rings is 1. The smallest absolute Gasteiger partial charge is 0.251 e. The van der Waals surface area contributed by atoms with Crippen molar-refractivity contribution in [3.63, 3.8) is 0 Å². The van der Waals surface area contributed by atoms with E-state index >= 15 is 0 Å². The van der Waals surface area contributed by atoms with Crippen molar-refractivity contribution >= 4 is 11.6 Å². The number of rotatable bonds is 2. The standard InChI is InChI=1S/C15H20N2O/c18-15(17-13-5-1-2-6-13)12-7-8-14-11(10-12)4-3-9-16-14/h7-8,10,13,16H,1-6,9H2,(H,17,18). The van der Waals surface area contributed by atoms with Gasteiger partial charge in [0, 0.05) is 23.8 Å². The molecule has 0 unspecified atom stereocenters. The Hall–Kier alpha value is -1.51. The summed E-state index contributed by atoms with van der Waals surface area (Å²) < 4.78 is 0. The van der Waals surface area contributed by atoms with Crippen molar-refractivity contribution in [1.82, 2.24) is 5.32 Å². The maximum Gasteiger partial charge on any atom is 0.251 e. The van der Waals surface area contributed by atoms with Crippen LogP contribution in [0.15, 0.2) is 18.2 Å². The lowest BCUT2D eigenvalue weighted by atomic mass is 10.0. The van der Waals surface area contributed by atoms with Crippen LogP contribution in [0.25, 0.3) is 0 Å². The van der Waals surface area contributed by atoms with Crippen molar-refractivity contribution in [3.05, 3.63) is 29.3 Å². The molecule has 0 saturated heterocycles. The first-order valence-corrected chi connectivity index (χ1v) is 7.00. The van der Waals surface area contributed by atoms with Gasteiger partial charge in [0.2, 0.25) is 0 Å². The number of hydrogen-bond acceptors (Lipinski definition) is 2. The van der Waals surface area contributed by atoms with Gasteiger partial charge in [-0.2, -0.15) is 0 Å². The number of carbonyl (C=O) groups excluding carboxylic acids is 1. The predicted octanol–water partition coefficient (Wildman–Crippen LogP) is 2.72. The summed E-state index contributed by atoms with van der Waals surface area (Å²) in [5.74, 6) is 0.0928. The lowest BCUT2D eigenvalue weighted by Gasteiger charge is -2.19. The number of carbonyl (C=O) groups is 1. The molecular weight excluding hydrogens is 224 g/mol. The zero-order valence-electron chi connectivity index (χ0n) is 10.7. The van der Waals surface area contributed by atoms with E-state index in [0.29, 0.717) is 6.04 Å². The van der Waals surface area contributed by atoms with Crippen LogP contribution in [-0.2, 0) is 6.42 Å². The summed E-state index contributed by atoms with van der Waals surface area (Å²) in [6.45, 7) is 1.04. The summed E-state index contributed by atoms with van der Waals surface area (Å²) >= 11 is 0. The van der Waals surface area contributed by atoms with Crippen molar-refractivity contribution in [2.75, 3.05) is 11.9 Å². The van der Waals surface area contributed by atoms with E-state index in [-0.39, 0.29) is 5.91 Å². The summed E-state index contributed by atoms with van der Waals surface area (Å²) in [4.78, 5) is 12.2. The van der Waals surface area contributed by atoms with E-state index in [1.54, 1.807) is 0 Å². The molecule has 1 aromatic rings. The van der Waals surface area contributed by atoms with E-state index in [1.807, 2.05) is 18.2 Å². The summed E-state index contributed by atoms with van der Waals surface area (Å²) in [5.41, 5.74) is 3.28. The molecule has 1 fully saturated rings. The average Bonchev–Trinajstić information content (AvgIpc) is 2.91. The van der Waals surface area contributed by atoms with Crippen LogP contribution in [0.3, 0.4) is 0 Å². The van der Waals surface area contributed by atoms with Gasteiger partial charge < -0.3 is 10.6 Å². The van der Waals surface area contributed by atoms with Crippen LogP contribution in [0.2, 0.25) is 0 Å². The highest BCUT2D eigenvalue weighted by atomic mass is 16.1. The Kier molecular flexibility index (Phi) is 3.22. The fourth-order valence-electron chi connectivity index (χ4n) is 2.96. The van der Waals surface area contributed by atoms with Gasteiger partial charge in [-0.1, -0.05) is 12.8 Å². The lowest BCUT2D eigenvalue weighted by molar-refractivity contribution is 0.0938. The molecule has 1 aliphatic carbocycles. The zero-order chi connectivity index (χ0) is 12.4. The van der Waals surface area contributed by atoms with Gasteiger partial charge in [-0.25, -0.2) is 0 Å². The van der Waals surface area contributed by atoms with Gasteiger partial charge in [-0.15, -0.1) is 0 Å². The van der Waals surface area contributed by atoms with E-state index in [9.17, 15) is 4.79 Å². The minimum atomic E-state index is 0.0928. The van der Waals surface area contributed by atoms with Crippen LogP contribution in [-0.4, -0.2) is 18.5 Å². The highest BCUT2D eigenvalue weighted by Gasteiger charge is 2.19. The Morgan fingerprint density at radius 3 is 2.89 bits per heavy atom. The predicted molar refractivity (Wildman–Crippen MR) is 73.0 cm³/mol. The Balaban J connectivity index is 1.73. The number of fused-ring (bicyclic) bond motifs is 1. The molecule has 18 heavy (non-hydrogen) atoms. The molecule has 0 bridgehead atoms. The van der Waals surface area contributed by atoms with Gasteiger partial charge in [0.05, 0.1) is 0 Å². The minimum Gasteiger partial charge on any atom is -0.385 e. The van der Waals surface area contributed by atoms with Crippen LogP contribution < -0.4 is 10.6 Å². The molecular formula is C15H20N2O. The Morgan fingerprint density at radius 2 is 2.06 bits per heavy atom. The topological polar surface area (TPSA) is 41.1 Å². The van der Waals surface area contributed by atoms with Gasteiger partial charge in [0.1, 0.15) is 0 Å². The van der Waals surface area contributed by atoms with Gasteiger partial charge >= 0.3 is 0 Å². The average molecular weight is 244 g/mol. The Morgan fingerprint density at radius 1 is 1.22 bits per heavy atom. The van der Waals surface area contributed by atoms with Crippen molar-refractivity contribution in [3.8, 4) is 0 Å². The van der Waals surface area contributed by atoms with Gasteiger partial charge in [-0.3, -0.25) is 4.79 Å². The normalized spacial score (nSPS) is 19.1. The van der Waals surface area contributed by atoms with Crippen molar-refractivity contribution in [1.29, 1.82) is 0 Å². The molecule has 0 spiro atoms. The maximum atomic E-state index is 12.2. The van der Waals surface area contributed by atoms with Gasteiger partial charge in [0.15, 0.2) is 0 Å². The van der Waals surface area contributed by atoms with Gasteiger partial charge in [0.25, 0.3) is 5.91 Å². The first-order valence-electron chi connectivity index (χ1n) is 7.00. The number of anilines is 1. The second-order valence-corrected chi connectivity index (χ2v) is 5.36. The van der Waals surface area contributed by atoms with Crippen molar-refractivity contribution in [2.24, 2.45) is 0 Å². The molecule has 3 rings (SSSR count). The fraction of sp³-hybridized carbons (Fsp3) is 0.533. The van der Waals surface area contributed by atoms with E-state index in [2.05, 4.69) is 10.6 Å². The molecule has 0 aromatic heterocycles. The second kappa shape index (κ2) is 5.01. The SMILES string of the molecule is O=C(NC1CCCC1)c1ccc2c(c1)CCCN2. The summed E-state index contributed by atoms with van der Waals surface area (Å²) in [5, 5.41) is 6.51. The molecule has 1 saturated carbocycles. The van der Waals surface area contributed by atoms with E-state index in [4.69, 9.17) is 0 Å². The third-order valence-corrected chi connectivity index (χ3v) is 4.00. The summed E-state index contributed by atoms with van der Waals surface area (Å²) in [7, 11) is 0. The van der Waals surface area contributed by atoms with E-state index < -0.39 is 0 Å². The third kappa shape index (κ3) is 2.35. The molecule has 3 nitrogen and oxygen atoms in total. The largest absolute Gasteiger partial charge is 0.385 e. The molecule has 0 radical (unpaired) electrons. The van der Waals surface area contributed by atoms with Crippen LogP contribution in [0, 0.1) is 0 Å². The number of aryl methyl sites for hydroxylation is 1. The zero-order valence-corrected chi connectivity index (χ0v) is 10.7. The fourth-order valence-corrected chi connectivity index (χ4v) is 2.96. The molecule has 3 heteroatoms. The first-order chi connectivity index (χ1) is 8.83. The van der Waals surface area contributed by atoms with Gasteiger partial charge in [-0.05, 0) is 49.4 Å². The molecule has 0 atom stereocenters. The van der Waals surface area contributed by atoms with Crippen LogP contribution >= 0.6 is 0 Å². The monoisotopic (exact) mass is 244 g/mol. The molecule has 1 amide bonds. The molecule has 1 aromatic carbocycles. The molecule has 96 valence electrons. The third-order valence-electron chi connectivity index (χ3n) is 4.00. The summed E-state index contributed by atoms with van der Waals surface area (Å²) in [6.07, 6.45) is 7.00. The van der Waals surface area contributed by atoms with Crippen molar-refractivity contribution in [2.45, 2.75) is 44.6 Å². The Labute approximate surface area is 108 Å². The summed E-state index contributed by atoms with van der Waals surface area (Å²) in [6, 6.07) is 6.41. The highest BCUT2D eigenvalue weighted by Crippen LogP contribution is 2.23. The lowest BCUT2D eigenvalue weighted by Crippen LogP contribution is -2.32. The first kappa shape index (κ1) is 11.6. The molecule has 1 aliphatic heterocycles. The van der Waals surface area contributed by atoms with Crippen LogP contribution in [0.4, 0.5) is 5.69 Å². The van der Waals surface area contributed by atoms with E-state index in [1.165, 1.54) is 24.1 Å². The highest BCUT2D eigenvalue weighted by molar-refractivity contribution is 5.95.